The van der Waals surface area contributed by atoms with Crippen molar-refractivity contribution < 1.29 is 19.1 Å². The lowest BCUT2D eigenvalue weighted by molar-refractivity contribution is -0.144. The standard InChI is InChI=1S/C23H33N3O4/c1-15-8-6-7-9-21(15)25-22(27)14-30-23(28)20(12-24)11-19-10-16(2)26(18(19)4)17(3)13-29-5/h10-11,15,17,21H,6-9,13-14H2,1-5H3,(H,25,27)/b20-11+/t15-,17-,21+/m0/s1. The minimum Gasteiger partial charge on any atom is -0.451 e. The highest BCUT2D eigenvalue weighted by Crippen LogP contribution is 2.24. The van der Waals surface area contributed by atoms with Crippen LogP contribution in [-0.4, -0.2) is 42.8 Å². The monoisotopic (exact) mass is 415 g/mol. The van der Waals surface area contributed by atoms with Gasteiger partial charge in [-0.15, -0.1) is 0 Å². The molecule has 0 saturated heterocycles. The third-order valence-electron chi connectivity index (χ3n) is 5.80. The average Bonchev–Trinajstić information content (AvgIpc) is 2.99. The van der Waals surface area contributed by atoms with Crippen LogP contribution in [0.2, 0.25) is 0 Å². The average molecular weight is 416 g/mol. The predicted molar refractivity (Wildman–Crippen MR) is 115 cm³/mol. The summed E-state index contributed by atoms with van der Waals surface area (Å²) in [6, 6.07) is 4.06. The van der Waals surface area contributed by atoms with Crippen molar-refractivity contribution in [2.24, 2.45) is 5.92 Å². The molecular weight excluding hydrogens is 382 g/mol. The second-order valence-electron chi connectivity index (χ2n) is 8.18. The number of nitrogens with zero attached hydrogens (tertiary/aromatic N) is 2. The van der Waals surface area contributed by atoms with Crippen molar-refractivity contribution in [3.63, 3.8) is 0 Å². The van der Waals surface area contributed by atoms with Crippen LogP contribution in [0.4, 0.5) is 0 Å². The van der Waals surface area contributed by atoms with Gasteiger partial charge in [0.05, 0.1) is 12.6 Å². The molecule has 1 aromatic rings. The second-order valence-corrected chi connectivity index (χ2v) is 8.18. The molecule has 0 bridgehead atoms. The fourth-order valence-electron chi connectivity index (χ4n) is 4.22. The van der Waals surface area contributed by atoms with Crippen LogP contribution < -0.4 is 5.32 Å². The minimum absolute atomic E-state index is 0.121. The van der Waals surface area contributed by atoms with Crippen LogP contribution in [0.3, 0.4) is 0 Å². The van der Waals surface area contributed by atoms with Crippen molar-refractivity contribution >= 4 is 18.0 Å². The van der Waals surface area contributed by atoms with Crippen LogP contribution in [0.1, 0.15) is 62.5 Å². The number of nitriles is 1. The van der Waals surface area contributed by atoms with Crippen molar-refractivity contribution in [3.05, 3.63) is 28.6 Å². The van der Waals surface area contributed by atoms with Crippen LogP contribution in [0.25, 0.3) is 6.08 Å². The van der Waals surface area contributed by atoms with Gasteiger partial charge < -0.3 is 19.4 Å². The summed E-state index contributed by atoms with van der Waals surface area (Å²) in [5, 5.41) is 12.4. The largest absolute Gasteiger partial charge is 0.451 e. The number of rotatable bonds is 8. The number of nitrogens with one attached hydrogen (secondary N) is 1. The minimum atomic E-state index is -0.793. The molecule has 7 heteroatoms. The summed E-state index contributed by atoms with van der Waals surface area (Å²) in [6.07, 6.45) is 5.83. The highest BCUT2D eigenvalue weighted by molar-refractivity contribution is 5.99. The van der Waals surface area contributed by atoms with E-state index in [0.717, 1.165) is 36.2 Å². The van der Waals surface area contributed by atoms with E-state index in [4.69, 9.17) is 9.47 Å². The highest BCUT2D eigenvalue weighted by atomic mass is 16.5. The Morgan fingerprint density at radius 3 is 2.70 bits per heavy atom. The number of aryl methyl sites for hydroxylation is 1. The Morgan fingerprint density at radius 2 is 2.07 bits per heavy atom. The molecule has 164 valence electrons. The van der Waals surface area contributed by atoms with Gasteiger partial charge >= 0.3 is 5.97 Å². The lowest BCUT2D eigenvalue weighted by atomic mass is 9.86. The van der Waals surface area contributed by atoms with E-state index in [1.807, 2.05) is 32.9 Å². The smallest absolute Gasteiger partial charge is 0.349 e. The van der Waals surface area contributed by atoms with Gasteiger partial charge in [0.15, 0.2) is 6.61 Å². The molecule has 0 unspecified atom stereocenters. The number of esters is 1. The van der Waals surface area contributed by atoms with E-state index in [-0.39, 0.29) is 30.2 Å². The molecule has 1 aliphatic rings. The molecule has 1 aliphatic carbocycles. The molecule has 7 nitrogen and oxygen atoms in total. The van der Waals surface area contributed by atoms with Gasteiger partial charge in [0, 0.05) is 24.5 Å². The van der Waals surface area contributed by atoms with Crippen LogP contribution >= 0.6 is 0 Å². The summed E-state index contributed by atoms with van der Waals surface area (Å²) in [5.41, 5.74) is 2.58. The maximum absolute atomic E-state index is 12.4. The van der Waals surface area contributed by atoms with Gasteiger partial charge in [0.1, 0.15) is 11.6 Å². The van der Waals surface area contributed by atoms with Gasteiger partial charge in [0.2, 0.25) is 0 Å². The lowest BCUT2D eigenvalue weighted by Crippen LogP contribution is -2.42. The van der Waals surface area contributed by atoms with Gasteiger partial charge in [-0.3, -0.25) is 4.79 Å². The number of hydrogen-bond acceptors (Lipinski definition) is 5. The van der Waals surface area contributed by atoms with Crippen molar-refractivity contribution in [1.29, 1.82) is 5.26 Å². The molecule has 1 heterocycles. The van der Waals surface area contributed by atoms with E-state index >= 15 is 0 Å². The van der Waals surface area contributed by atoms with E-state index in [2.05, 4.69) is 16.8 Å². The van der Waals surface area contributed by atoms with E-state index < -0.39 is 5.97 Å². The summed E-state index contributed by atoms with van der Waals surface area (Å²) in [5.74, 6) is -0.700. The quantitative estimate of drug-likeness (QED) is 0.399. The summed E-state index contributed by atoms with van der Waals surface area (Å²) in [6.45, 7) is 8.24. The van der Waals surface area contributed by atoms with Gasteiger partial charge in [0.25, 0.3) is 5.91 Å². The molecule has 0 aliphatic heterocycles. The van der Waals surface area contributed by atoms with E-state index in [9.17, 15) is 14.9 Å². The Kier molecular flexibility index (Phi) is 8.67. The Balaban J connectivity index is 2.02. The summed E-state index contributed by atoms with van der Waals surface area (Å²) < 4.78 is 12.4. The van der Waals surface area contributed by atoms with Crippen molar-refractivity contribution in [2.75, 3.05) is 20.3 Å². The van der Waals surface area contributed by atoms with Gasteiger partial charge in [-0.25, -0.2) is 4.79 Å². The Morgan fingerprint density at radius 1 is 1.37 bits per heavy atom. The topological polar surface area (TPSA) is 93.3 Å². The van der Waals surface area contributed by atoms with Crippen molar-refractivity contribution in [2.45, 2.75) is 65.5 Å². The van der Waals surface area contributed by atoms with Crippen LogP contribution in [0.15, 0.2) is 11.6 Å². The number of carbonyl (C=O) groups excluding carboxylic acids is 2. The Hall–Kier alpha value is -2.59. The molecule has 0 aromatic carbocycles. The zero-order valence-electron chi connectivity index (χ0n) is 18.7. The molecule has 0 spiro atoms. The van der Waals surface area contributed by atoms with E-state index in [1.165, 1.54) is 12.5 Å². The molecule has 3 atom stereocenters. The second kappa shape index (κ2) is 11.0. The van der Waals surface area contributed by atoms with Gasteiger partial charge in [-0.2, -0.15) is 5.26 Å². The van der Waals surface area contributed by atoms with Crippen LogP contribution in [0.5, 0.6) is 0 Å². The summed E-state index contributed by atoms with van der Waals surface area (Å²) >= 11 is 0. The molecule has 1 amide bonds. The number of ether oxygens (including phenoxy) is 2. The van der Waals surface area contributed by atoms with Crippen LogP contribution in [-0.2, 0) is 19.1 Å². The maximum Gasteiger partial charge on any atom is 0.349 e. The Labute approximate surface area is 179 Å². The maximum atomic E-state index is 12.4. The molecule has 1 aromatic heterocycles. The van der Waals surface area contributed by atoms with E-state index in [1.54, 1.807) is 7.11 Å². The predicted octanol–water partition coefficient (Wildman–Crippen LogP) is 3.46. The third kappa shape index (κ3) is 5.96. The van der Waals surface area contributed by atoms with Crippen LogP contribution in [0, 0.1) is 31.1 Å². The Bertz CT molecular complexity index is 834. The number of hydrogen-bond donors (Lipinski definition) is 1. The molecule has 2 rings (SSSR count). The normalized spacial score (nSPS) is 20.3. The SMILES string of the molecule is COC[C@H](C)n1c(C)cc(/C=C(\C#N)C(=O)OCC(=O)N[C@@H]2CCCC[C@@H]2C)c1C. The molecule has 1 fully saturated rings. The number of methoxy groups -OCH3 is 1. The number of aromatic nitrogens is 1. The van der Waals surface area contributed by atoms with Crippen molar-refractivity contribution in [1.82, 2.24) is 9.88 Å². The molecule has 30 heavy (non-hydrogen) atoms. The van der Waals surface area contributed by atoms with Gasteiger partial charge in [-0.05, 0) is 57.2 Å². The van der Waals surface area contributed by atoms with Crippen molar-refractivity contribution in [3.8, 4) is 6.07 Å². The summed E-state index contributed by atoms with van der Waals surface area (Å²) in [4.78, 5) is 24.5. The first-order chi connectivity index (χ1) is 14.3. The zero-order valence-corrected chi connectivity index (χ0v) is 18.7. The number of amides is 1. The van der Waals surface area contributed by atoms with E-state index in [0.29, 0.717) is 12.5 Å². The summed E-state index contributed by atoms with van der Waals surface area (Å²) in [7, 11) is 1.65. The number of carbonyl (C=O) groups is 2. The van der Waals surface area contributed by atoms with Gasteiger partial charge in [-0.1, -0.05) is 19.8 Å². The first-order valence-electron chi connectivity index (χ1n) is 10.5. The fraction of sp³-hybridized carbons (Fsp3) is 0.609. The highest BCUT2D eigenvalue weighted by Gasteiger charge is 2.23. The molecule has 0 radical (unpaired) electrons. The lowest BCUT2D eigenvalue weighted by Gasteiger charge is -2.29. The molecular formula is C23H33N3O4. The first kappa shape index (κ1) is 23.7. The zero-order chi connectivity index (χ0) is 22.3. The first-order valence-corrected chi connectivity index (χ1v) is 10.5. The third-order valence-corrected chi connectivity index (χ3v) is 5.80. The molecule has 1 saturated carbocycles. The fourth-order valence-corrected chi connectivity index (χ4v) is 4.22. The molecule has 1 N–H and O–H groups in total.